The highest BCUT2D eigenvalue weighted by Gasteiger charge is 2.78. The Morgan fingerprint density at radius 2 is 1.73 bits per heavy atom. The van der Waals surface area contributed by atoms with Crippen molar-refractivity contribution in [3.05, 3.63) is 52.7 Å². The van der Waals surface area contributed by atoms with E-state index in [1.807, 2.05) is 34.1 Å². The van der Waals surface area contributed by atoms with Gasteiger partial charge in [-0.15, -0.1) is 0 Å². The van der Waals surface area contributed by atoms with Gasteiger partial charge in [-0.3, -0.25) is 9.79 Å². The molecule has 8 fully saturated rings. The van der Waals surface area contributed by atoms with E-state index in [2.05, 4.69) is 47.2 Å². The summed E-state index contributed by atoms with van der Waals surface area (Å²) in [6.45, 7) is 8.74. The Hall–Kier alpha value is -2.25. The summed E-state index contributed by atoms with van der Waals surface area (Å²) < 4.78 is 1.72. The van der Waals surface area contributed by atoms with Gasteiger partial charge >= 0.3 is 0 Å². The molecule has 4 bridgehead atoms. The van der Waals surface area contributed by atoms with Crippen LogP contribution in [0.5, 0.6) is 0 Å². The molecule has 20 unspecified atom stereocenters. The molecule has 16 heteroatoms. The van der Waals surface area contributed by atoms with Crippen LogP contribution in [0.3, 0.4) is 0 Å². The molecule has 1 aromatic rings. The summed E-state index contributed by atoms with van der Waals surface area (Å²) in [6.07, 6.45) is 21.4. The fraction of sp³-hybridized carbons (Fsp3) is 0.823. The summed E-state index contributed by atoms with van der Waals surface area (Å²) in [6, 6.07) is 0.0728. The van der Waals surface area contributed by atoms with Crippen LogP contribution in [0.4, 0.5) is 0 Å². The van der Waals surface area contributed by atoms with E-state index in [-0.39, 0.29) is 84.4 Å². The number of rotatable bonds is 9. The van der Waals surface area contributed by atoms with Crippen molar-refractivity contribution in [2.75, 3.05) is 39.1 Å². The maximum atomic E-state index is 15.6. The molecule has 2 heterocycles. The molecule has 0 amide bonds. The number of nitrogens with one attached hydrogen (secondary N) is 2. The second-order valence-corrected chi connectivity index (χ2v) is 31.0. The van der Waals surface area contributed by atoms with E-state index >= 15 is 9.90 Å². The quantitative estimate of drug-likeness (QED) is 0.0386. The molecule has 14 nitrogen and oxygen atoms in total. The first kappa shape index (κ1) is 56.2. The fourth-order valence-electron chi connectivity index (χ4n) is 22.0. The average molecular weight is 1120 g/mol. The molecule has 11 aliphatic rings. The molecule has 11 N–H and O–H groups in total. The predicted molar refractivity (Wildman–Crippen MR) is 306 cm³/mol. The Balaban J connectivity index is 1.11. The number of carbonyl (C=O) groups is 1. The third-order valence-electron chi connectivity index (χ3n) is 24.3. The standard InChI is InChI=1S/C62H94N6O8S2/c1-34(71)67-56(63)66-29-36-26-60(32-70)43-25-47(62(60,76)44-24-45(72)52-42(30-64-5)54(74)46(73)28-58(52,4)50(36)44)61(19-9-12-37(61)15-22-69)78-77-31-38(68-21-20-65-33-68)27-57(2,3)53-40-14-10-18-59(16-6-7-17-59)51(40)39-13-8-11-35-23-41(43)55(75)49(53)48(35)39/h20-21,24,33-38,41-43,46-47,49-52,54-55,64,69-71,73-76H,6-19,22-23,25-32H2,1-5H3,(H3,63,66,67). The highest BCUT2D eigenvalue weighted by atomic mass is 33.1. The summed E-state index contributed by atoms with van der Waals surface area (Å²) >= 11 is 0. The minimum Gasteiger partial charge on any atom is -0.396 e. The number of nitrogens with zero attached hydrogens (tertiary/aromatic N) is 3. The molecule has 0 aromatic carbocycles. The van der Waals surface area contributed by atoms with E-state index in [1.165, 1.54) is 49.7 Å². The first-order chi connectivity index (χ1) is 37.3. The highest BCUT2D eigenvalue weighted by Crippen LogP contribution is 2.78. The van der Waals surface area contributed by atoms with Crippen molar-refractivity contribution < 1.29 is 40.5 Å². The fourth-order valence-corrected chi connectivity index (χ4v) is 26.1. The zero-order valence-corrected chi connectivity index (χ0v) is 48.9. The van der Waals surface area contributed by atoms with Gasteiger partial charge in [-0.05, 0) is 180 Å². The SMILES string of the molecule is CNCC1C(O)C(O)CC2(C)C3C(=CC(=O)C12)C1(O)C2CC(C4CC5CCCC6=C5C(C(=C5CCCC7(CCCC7)C65)C(C)(C)CC(n5ccnc5)CSSC25CCCC5CCO)C4O)C1(CO)CC3CN=C(N)NC(C)O. The van der Waals surface area contributed by atoms with Crippen molar-refractivity contribution in [2.24, 2.45) is 97.5 Å². The molecule has 0 radical (unpaired) electrons. The molecule has 1 saturated heterocycles. The minimum absolute atomic E-state index is 0.00367. The summed E-state index contributed by atoms with van der Waals surface area (Å²) in [5, 5.41) is 94.1. The normalized spacial score (nSPS) is 46.1. The van der Waals surface area contributed by atoms with Gasteiger partial charge < -0.3 is 56.7 Å². The maximum absolute atomic E-state index is 15.6. The first-order valence-corrected chi connectivity index (χ1v) is 33.0. The van der Waals surface area contributed by atoms with E-state index in [4.69, 9.17) is 10.7 Å². The number of fused-ring (bicyclic) bond motifs is 15. The lowest BCUT2D eigenvalue weighted by atomic mass is 9.40. The van der Waals surface area contributed by atoms with Gasteiger partial charge in [0, 0.05) is 83.6 Å². The van der Waals surface area contributed by atoms with Crippen LogP contribution in [0.2, 0.25) is 0 Å². The average Bonchev–Trinajstić information content (AvgIpc) is 2.79. The Bertz CT molecular complexity index is 2560. The van der Waals surface area contributed by atoms with Crippen LogP contribution < -0.4 is 16.4 Å². The second kappa shape index (κ2) is 20.8. The van der Waals surface area contributed by atoms with Crippen molar-refractivity contribution in [1.82, 2.24) is 20.2 Å². The summed E-state index contributed by atoms with van der Waals surface area (Å²) in [7, 11) is 5.58. The number of ketones is 1. The molecule has 7 saturated carbocycles. The van der Waals surface area contributed by atoms with Gasteiger partial charge in [0.25, 0.3) is 0 Å². The number of nitrogens with two attached hydrogens (primary N) is 1. The second-order valence-electron chi connectivity index (χ2n) is 28.3. The largest absolute Gasteiger partial charge is 0.396 e. The molecule has 2 spiro atoms. The predicted octanol–water partition coefficient (Wildman–Crippen LogP) is 7.24. The van der Waals surface area contributed by atoms with Crippen molar-refractivity contribution in [3.8, 4) is 0 Å². The summed E-state index contributed by atoms with van der Waals surface area (Å²) in [5.41, 5.74) is 9.47. The summed E-state index contributed by atoms with van der Waals surface area (Å²) in [5.74, 6) is -2.18. The van der Waals surface area contributed by atoms with Gasteiger partial charge in [-0.1, -0.05) is 83.9 Å². The van der Waals surface area contributed by atoms with Crippen LogP contribution in [0.25, 0.3) is 0 Å². The van der Waals surface area contributed by atoms with E-state index in [0.29, 0.717) is 37.3 Å². The molecule has 1 aromatic heterocycles. The molecular formula is C62H94N6O8S2. The van der Waals surface area contributed by atoms with Crippen molar-refractivity contribution in [3.63, 3.8) is 0 Å². The third kappa shape index (κ3) is 8.31. The molecular weight excluding hydrogens is 1020 g/mol. The number of carbonyl (C=O) groups excluding carboxylic acids is 1. The number of aliphatic hydroxyl groups excluding tert-OH is 6. The number of hydrogen-bond acceptors (Lipinski definition) is 13. The number of aliphatic imine (C=N–C) groups is 1. The molecule has 12 rings (SSSR count). The van der Waals surface area contributed by atoms with Gasteiger partial charge in [-0.2, -0.15) is 0 Å². The van der Waals surface area contributed by atoms with E-state index in [0.717, 1.165) is 63.5 Å². The number of aromatic nitrogens is 2. The summed E-state index contributed by atoms with van der Waals surface area (Å²) in [4.78, 5) is 25.2. The zero-order valence-electron chi connectivity index (χ0n) is 47.3. The number of imidazole rings is 1. The Morgan fingerprint density at radius 3 is 2.45 bits per heavy atom. The molecule has 78 heavy (non-hydrogen) atoms. The van der Waals surface area contributed by atoms with Gasteiger partial charge in [0.2, 0.25) is 0 Å². The lowest BCUT2D eigenvalue weighted by molar-refractivity contribution is -0.197. The first-order valence-electron chi connectivity index (χ1n) is 30.7. The third-order valence-corrected chi connectivity index (χ3v) is 27.8. The van der Waals surface area contributed by atoms with Crippen LogP contribution in [0.1, 0.15) is 156 Å². The van der Waals surface area contributed by atoms with Gasteiger partial charge in [-0.25, -0.2) is 4.98 Å². The molecule has 20 atom stereocenters. The number of allylic oxidation sites excluding steroid dienone is 3. The van der Waals surface area contributed by atoms with E-state index < -0.39 is 75.3 Å². The van der Waals surface area contributed by atoms with Crippen molar-refractivity contribution in [2.45, 2.75) is 191 Å². The number of hydrogen-bond donors (Lipinski definition) is 10. The maximum Gasteiger partial charge on any atom is 0.190 e. The van der Waals surface area contributed by atoms with Crippen molar-refractivity contribution in [1.29, 1.82) is 0 Å². The monoisotopic (exact) mass is 1110 g/mol. The van der Waals surface area contributed by atoms with E-state index in [1.54, 1.807) is 31.2 Å². The van der Waals surface area contributed by atoms with E-state index in [9.17, 15) is 30.6 Å². The van der Waals surface area contributed by atoms with Crippen LogP contribution >= 0.6 is 21.6 Å². The van der Waals surface area contributed by atoms with Gasteiger partial charge in [0.1, 0.15) is 6.23 Å². The molecule has 10 aliphatic carbocycles. The van der Waals surface area contributed by atoms with Crippen LogP contribution in [-0.2, 0) is 4.79 Å². The topological polar surface area (TPSA) is 239 Å². The van der Waals surface area contributed by atoms with Gasteiger partial charge in [0.05, 0.1) is 36.8 Å². The smallest absolute Gasteiger partial charge is 0.190 e. The minimum atomic E-state index is -1.76. The lowest BCUT2D eigenvalue weighted by Crippen LogP contribution is -2.70. The van der Waals surface area contributed by atoms with Gasteiger partial charge in [0.15, 0.2) is 11.7 Å². The highest BCUT2D eigenvalue weighted by molar-refractivity contribution is 8.77. The molecule has 432 valence electrons. The Kier molecular flexibility index (Phi) is 15.0. The van der Waals surface area contributed by atoms with Crippen LogP contribution in [0.15, 0.2) is 57.7 Å². The Morgan fingerprint density at radius 1 is 0.962 bits per heavy atom. The number of aliphatic hydroxyl groups is 7. The van der Waals surface area contributed by atoms with Crippen LogP contribution in [0, 0.1) is 86.8 Å². The zero-order chi connectivity index (χ0) is 54.9. The Labute approximate surface area is 471 Å². The number of guanidine groups is 1. The lowest BCUT2D eigenvalue weighted by Gasteiger charge is -2.66. The van der Waals surface area contributed by atoms with Crippen LogP contribution in [-0.4, -0.2) is 131 Å². The molecule has 1 aliphatic heterocycles. The van der Waals surface area contributed by atoms with Crippen molar-refractivity contribution >= 4 is 33.3 Å².